The van der Waals surface area contributed by atoms with Crippen LogP contribution < -0.4 is 10.1 Å². The zero-order valence-corrected chi connectivity index (χ0v) is 24.9. The molecule has 0 aliphatic carbocycles. The molecule has 0 heterocycles. The van der Waals surface area contributed by atoms with E-state index in [-0.39, 0.29) is 4.90 Å². The number of benzene rings is 2. The molecule has 2 aromatic rings. The van der Waals surface area contributed by atoms with Gasteiger partial charge >= 0.3 is 0 Å². The van der Waals surface area contributed by atoms with E-state index >= 15 is 0 Å². The third-order valence-electron chi connectivity index (χ3n) is 6.25. The lowest BCUT2D eigenvalue weighted by Crippen LogP contribution is -2.52. The van der Waals surface area contributed by atoms with Gasteiger partial charge in [0.25, 0.3) is 10.4 Å². The van der Waals surface area contributed by atoms with Gasteiger partial charge in [-0.05, 0) is 58.7 Å². The first-order chi connectivity index (χ1) is 17.9. The lowest BCUT2D eigenvalue weighted by atomic mass is 9.87. The Kier molecular flexibility index (Phi) is 12.5. The van der Waals surface area contributed by atoms with E-state index in [4.69, 9.17) is 4.74 Å². The van der Waals surface area contributed by atoms with Gasteiger partial charge in [-0.1, -0.05) is 83.9 Å². The molecule has 2 N–H and O–H groups in total. The number of carbonyl (C=O) groups excluding carboxylic acids is 2. The Morgan fingerprint density at radius 2 is 1.45 bits per heavy atom. The van der Waals surface area contributed by atoms with Crippen LogP contribution in [0.1, 0.15) is 72.1 Å². The van der Waals surface area contributed by atoms with Crippen molar-refractivity contribution >= 4 is 43.1 Å². The van der Waals surface area contributed by atoms with Crippen molar-refractivity contribution in [2.24, 2.45) is 5.41 Å². The lowest BCUT2D eigenvalue weighted by Gasteiger charge is -2.29. The monoisotopic (exact) mass is 609 g/mol. The van der Waals surface area contributed by atoms with E-state index in [1.54, 1.807) is 42.5 Å². The van der Waals surface area contributed by atoms with Crippen molar-refractivity contribution in [2.45, 2.75) is 81.5 Å². The van der Waals surface area contributed by atoms with Crippen molar-refractivity contribution in [3.63, 3.8) is 0 Å². The van der Waals surface area contributed by atoms with Crippen LogP contribution in [0.15, 0.2) is 59.5 Å². The minimum atomic E-state index is -3.91. The number of amides is 1. The SMILES string of the molecule is CCCCCCCCCCOc1ccc(S(=O)(=O)CC(C)(C)C(=O)C(O)(Br)C(=O)Nc2ccccc2)cc1. The van der Waals surface area contributed by atoms with Crippen molar-refractivity contribution in [3.05, 3.63) is 54.6 Å². The molecule has 0 radical (unpaired) electrons. The largest absolute Gasteiger partial charge is 0.494 e. The van der Waals surface area contributed by atoms with Crippen LogP contribution >= 0.6 is 15.9 Å². The van der Waals surface area contributed by atoms with Gasteiger partial charge in [0.2, 0.25) is 0 Å². The summed E-state index contributed by atoms with van der Waals surface area (Å²) in [6.45, 7) is 5.55. The minimum Gasteiger partial charge on any atom is -0.494 e. The van der Waals surface area contributed by atoms with Crippen LogP contribution in [0.5, 0.6) is 5.75 Å². The fourth-order valence-electron chi connectivity index (χ4n) is 4.08. The fourth-order valence-corrected chi connectivity index (χ4v) is 6.51. The predicted octanol–water partition coefficient (Wildman–Crippen LogP) is 6.30. The molecule has 0 fully saturated rings. The number of alkyl halides is 1. The van der Waals surface area contributed by atoms with Crippen LogP contribution in [-0.2, 0) is 19.4 Å². The number of hydrogen-bond donors (Lipinski definition) is 2. The normalized spacial score (nSPS) is 13.5. The summed E-state index contributed by atoms with van der Waals surface area (Å²) >= 11 is 2.82. The number of Topliss-reactive ketones (excluding diaryl/α,β-unsaturated/α-hetero) is 1. The predicted molar refractivity (Wildman–Crippen MR) is 154 cm³/mol. The van der Waals surface area contributed by atoms with Crippen molar-refractivity contribution in [3.8, 4) is 5.75 Å². The second-order valence-corrected chi connectivity index (χ2v) is 13.3. The summed E-state index contributed by atoms with van der Waals surface area (Å²) < 4.78 is 29.3. The van der Waals surface area contributed by atoms with Crippen LogP contribution in [-0.4, -0.2) is 42.1 Å². The van der Waals surface area contributed by atoms with Crippen LogP contribution in [0.4, 0.5) is 5.69 Å². The van der Waals surface area contributed by atoms with E-state index in [0.29, 0.717) is 18.0 Å². The summed E-state index contributed by atoms with van der Waals surface area (Å²) in [5, 5.41) is 13.1. The number of ether oxygens (including phenoxy) is 1. The topological polar surface area (TPSA) is 110 Å². The number of carbonyl (C=O) groups is 2. The minimum absolute atomic E-state index is 0.0321. The molecule has 0 saturated heterocycles. The van der Waals surface area contributed by atoms with Gasteiger partial charge in [0, 0.05) is 11.1 Å². The molecular weight excluding hydrogens is 570 g/mol. The number of halogens is 1. The number of nitrogens with one attached hydrogen (secondary N) is 1. The highest BCUT2D eigenvalue weighted by Crippen LogP contribution is 2.33. The number of aliphatic hydroxyl groups is 1. The van der Waals surface area contributed by atoms with Gasteiger partial charge in [-0.3, -0.25) is 9.59 Å². The Hall–Kier alpha value is -2.23. The molecule has 0 bridgehead atoms. The maximum absolute atomic E-state index is 13.1. The number of sulfone groups is 1. The molecule has 38 heavy (non-hydrogen) atoms. The van der Waals surface area contributed by atoms with E-state index < -0.39 is 37.2 Å². The highest BCUT2D eigenvalue weighted by atomic mass is 79.9. The molecule has 0 aliphatic heterocycles. The molecular formula is C29H40BrNO6S. The average Bonchev–Trinajstić information content (AvgIpc) is 2.87. The summed E-state index contributed by atoms with van der Waals surface area (Å²) in [5.74, 6) is -1.98. The number of para-hydroxylation sites is 1. The average molecular weight is 611 g/mol. The summed E-state index contributed by atoms with van der Waals surface area (Å²) in [4.78, 5) is 25.7. The first-order valence-corrected chi connectivity index (χ1v) is 15.6. The van der Waals surface area contributed by atoms with Crippen LogP contribution in [0.25, 0.3) is 0 Å². The number of ketones is 1. The second kappa shape index (κ2) is 14.8. The van der Waals surface area contributed by atoms with E-state index in [1.165, 1.54) is 64.5 Å². The van der Waals surface area contributed by atoms with Gasteiger partial charge in [0.05, 0.1) is 17.3 Å². The molecule has 2 aromatic carbocycles. The highest BCUT2D eigenvalue weighted by molar-refractivity contribution is 9.10. The number of rotatable bonds is 17. The second-order valence-electron chi connectivity index (χ2n) is 10.2. The maximum Gasteiger partial charge on any atom is 0.275 e. The van der Waals surface area contributed by atoms with Crippen LogP contribution in [0, 0.1) is 5.41 Å². The zero-order chi connectivity index (χ0) is 28.2. The molecule has 210 valence electrons. The standard InChI is InChI=1S/C29H40BrNO6S/c1-4-5-6-7-8-9-10-14-21-37-24-17-19-25(20-18-24)38(35,36)22-28(2,3)26(32)29(30,34)27(33)31-23-15-12-11-13-16-23/h11-13,15-20,34H,4-10,14,21-22H2,1-3H3,(H,31,33). The molecule has 1 unspecified atom stereocenters. The summed E-state index contributed by atoms with van der Waals surface area (Å²) in [5.41, 5.74) is -1.19. The number of anilines is 1. The van der Waals surface area contributed by atoms with Crippen LogP contribution in [0.3, 0.4) is 0 Å². The molecule has 0 saturated carbocycles. The van der Waals surface area contributed by atoms with Gasteiger partial charge in [-0.15, -0.1) is 0 Å². The van der Waals surface area contributed by atoms with E-state index in [1.807, 2.05) is 0 Å². The third kappa shape index (κ3) is 9.82. The smallest absolute Gasteiger partial charge is 0.275 e. The maximum atomic E-state index is 13.1. The third-order valence-corrected chi connectivity index (χ3v) is 9.06. The summed E-state index contributed by atoms with van der Waals surface area (Å²) in [7, 11) is -3.91. The van der Waals surface area contributed by atoms with Gasteiger partial charge in [0.1, 0.15) is 5.75 Å². The highest BCUT2D eigenvalue weighted by Gasteiger charge is 2.50. The van der Waals surface area contributed by atoms with Gasteiger partial charge in [0.15, 0.2) is 15.6 Å². The zero-order valence-electron chi connectivity index (χ0n) is 22.5. The van der Waals surface area contributed by atoms with E-state index in [9.17, 15) is 23.1 Å². The Morgan fingerprint density at radius 1 is 0.895 bits per heavy atom. The van der Waals surface area contributed by atoms with Crippen molar-refractivity contribution in [1.82, 2.24) is 0 Å². The van der Waals surface area contributed by atoms with Crippen molar-refractivity contribution < 1.29 is 27.9 Å². The number of unbranched alkanes of at least 4 members (excludes halogenated alkanes) is 7. The van der Waals surface area contributed by atoms with Crippen molar-refractivity contribution in [2.75, 3.05) is 17.7 Å². The quantitative estimate of drug-likeness (QED) is 0.124. The molecule has 0 spiro atoms. The molecule has 7 nitrogen and oxygen atoms in total. The lowest BCUT2D eigenvalue weighted by molar-refractivity contribution is -0.144. The Labute approximate surface area is 235 Å². The fraction of sp³-hybridized carbons (Fsp3) is 0.517. The Balaban J connectivity index is 1.91. The first-order valence-electron chi connectivity index (χ1n) is 13.2. The van der Waals surface area contributed by atoms with Gasteiger partial charge < -0.3 is 15.2 Å². The summed E-state index contributed by atoms with van der Waals surface area (Å²) in [6.07, 6.45) is 9.61. The molecule has 1 amide bonds. The van der Waals surface area contributed by atoms with Crippen molar-refractivity contribution in [1.29, 1.82) is 0 Å². The molecule has 0 aromatic heterocycles. The molecule has 9 heteroatoms. The first kappa shape index (κ1) is 32.0. The Bertz CT molecular complexity index is 1130. The molecule has 1 atom stereocenters. The molecule has 2 rings (SSSR count). The van der Waals surface area contributed by atoms with Crippen LogP contribution in [0.2, 0.25) is 0 Å². The van der Waals surface area contributed by atoms with E-state index in [0.717, 1.165) is 12.8 Å². The van der Waals surface area contributed by atoms with Gasteiger partial charge in [-0.25, -0.2) is 8.42 Å². The molecule has 0 aliphatic rings. The van der Waals surface area contributed by atoms with Gasteiger partial charge in [-0.2, -0.15) is 0 Å². The summed E-state index contributed by atoms with van der Waals surface area (Å²) in [6, 6.07) is 14.4. The van der Waals surface area contributed by atoms with E-state index in [2.05, 4.69) is 28.2 Å². The Morgan fingerprint density at radius 3 is 2.03 bits per heavy atom. The number of hydrogen-bond acceptors (Lipinski definition) is 6.